The third-order valence-electron chi connectivity index (χ3n) is 3.45. The van der Waals surface area contributed by atoms with Crippen LogP contribution in [0.3, 0.4) is 0 Å². The maximum atomic E-state index is 8.83. The minimum absolute atomic E-state index is 0.118. The highest BCUT2D eigenvalue weighted by Crippen LogP contribution is 2.34. The molecule has 0 fully saturated rings. The van der Waals surface area contributed by atoms with Gasteiger partial charge in [0.2, 0.25) is 0 Å². The standard InChI is InChI=1S/C18H22BrNO3/c1-13-3-5-14(6-4-13)12-23-18-10-16(19)15(9-17(18)22-2)11-20-7-8-21/h3-6,9-10,20-21H,7-8,11-12H2,1-2H3. The SMILES string of the molecule is COc1cc(CNCCO)c(Br)cc1OCc1ccc(C)cc1. The van der Waals surface area contributed by atoms with Crippen molar-refractivity contribution in [1.29, 1.82) is 0 Å². The van der Waals surface area contributed by atoms with Crippen LogP contribution in [0.4, 0.5) is 0 Å². The Hall–Kier alpha value is -1.56. The van der Waals surface area contributed by atoms with Crippen molar-refractivity contribution in [1.82, 2.24) is 5.32 Å². The van der Waals surface area contributed by atoms with Gasteiger partial charge in [-0.05, 0) is 30.2 Å². The van der Waals surface area contributed by atoms with Crippen molar-refractivity contribution < 1.29 is 14.6 Å². The van der Waals surface area contributed by atoms with Gasteiger partial charge in [0.25, 0.3) is 0 Å². The topological polar surface area (TPSA) is 50.7 Å². The fourth-order valence-corrected chi connectivity index (χ4v) is 2.60. The number of aliphatic hydroxyl groups is 1. The normalized spacial score (nSPS) is 10.6. The third kappa shape index (κ3) is 5.23. The summed E-state index contributed by atoms with van der Waals surface area (Å²) in [5.41, 5.74) is 3.40. The van der Waals surface area contributed by atoms with Crippen molar-refractivity contribution in [2.75, 3.05) is 20.3 Å². The third-order valence-corrected chi connectivity index (χ3v) is 4.19. The number of hydrogen-bond acceptors (Lipinski definition) is 4. The molecule has 2 aromatic rings. The van der Waals surface area contributed by atoms with Gasteiger partial charge in [-0.25, -0.2) is 0 Å². The van der Waals surface area contributed by atoms with Crippen LogP contribution in [0, 0.1) is 6.92 Å². The van der Waals surface area contributed by atoms with E-state index >= 15 is 0 Å². The molecule has 0 unspecified atom stereocenters. The molecule has 0 saturated carbocycles. The summed E-state index contributed by atoms with van der Waals surface area (Å²) in [4.78, 5) is 0. The summed E-state index contributed by atoms with van der Waals surface area (Å²) in [5.74, 6) is 1.40. The molecule has 0 amide bonds. The van der Waals surface area contributed by atoms with E-state index in [4.69, 9.17) is 14.6 Å². The molecule has 0 radical (unpaired) electrons. The Morgan fingerprint density at radius 1 is 1.13 bits per heavy atom. The van der Waals surface area contributed by atoms with Gasteiger partial charge in [-0.2, -0.15) is 0 Å². The van der Waals surface area contributed by atoms with Gasteiger partial charge < -0.3 is 19.9 Å². The van der Waals surface area contributed by atoms with E-state index < -0.39 is 0 Å². The minimum atomic E-state index is 0.118. The number of aryl methyl sites for hydroxylation is 1. The molecule has 0 aliphatic carbocycles. The molecule has 0 aliphatic rings. The lowest BCUT2D eigenvalue weighted by Gasteiger charge is -2.14. The van der Waals surface area contributed by atoms with Crippen LogP contribution >= 0.6 is 15.9 Å². The first-order chi connectivity index (χ1) is 11.1. The number of rotatable bonds is 8. The average Bonchev–Trinajstić information content (AvgIpc) is 2.56. The fourth-order valence-electron chi connectivity index (χ4n) is 2.13. The minimum Gasteiger partial charge on any atom is -0.493 e. The number of nitrogens with one attached hydrogen (secondary N) is 1. The first kappa shape index (κ1) is 17.8. The van der Waals surface area contributed by atoms with Crippen molar-refractivity contribution in [3.63, 3.8) is 0 Å². The molecule has 4 nitrogen and oxygen atoms in total. The molecule has 124 valence electrons. The smallest absolute Gasteiger partial charge is 0.162 e. The molecular weight excluding hydrogens is 358 g/mol. The van der Waals surface area contributed by atoms with Crippen molar-refractivity contribution >= 4 is 15.9 Å². The number of benzene rings is 2. The van der Waals surface area contributed by atoms with Gasteiger partial charge in [-0.15, -0.1) is 0 Å². The van der Waals surface area contributed by atoms with E-state index in [1.54, 1.807) is 7.11 Å². The monoisotopic (exact) mass is 379 g/mol. The van der Waals surface area contributed by atoms with Crippen LogP contribution in [0.2, 0.25) is 0 Å². The van der Waals surface area contributed by atoms with Crippen LogP contribution in [-0.4, -0.2) is 25.4 Å². The summed E-state index contributed by atoms with van der Waals surface area (Å²) in [6.07, 6.45) is 0. The molecule has 0 spiro atoms. The van der Waals surface area contributed by atoms with Gasteiger partial charge in [0.15, 0.2) is 11.5 Å². The molecular formula is C18H22BrNO3. The van der Waals surface area contributed by atoms with E-state index in [1.807, 2.05) is 12.1 Å². The second-order valence-electron chi connectivity index (χ2n) is 5.27. The molecule has 0 heterocycles. The molecule has 0 bridgehead atoms. The zero-order valence-corrected chi connectivity index (χ0v) is 15.0. The molecule has 0 saturated heterocycles. The first-order valence-corrected chi connectivity index (χ1v) is 8.29. The van der Waals surface area contributed by atoms with Crippen LogP contribution in [0.5, 0.6) is 11.5 Å². The van der Waals surface area contributed by atoms with Crippen molar-refractivity contribution in [3.05, 3.63) is 57.6 Å². The van der Waals surface area contributed by atoms with Gasteiger partial charge >= 0.3 is 0 Å². The molecule has 2 aromatic carbocycles. The molecule has 2 N–H and O–H groups in total. The lowest BCUT2D eigenvalue weighted by atomic mass is 10.1. The maximum Gasteiger partial charge on any atom is 0.162 e. The van der Waals surface area contributed by atoms with Gasteiger partial charge in [-0.3, -0.25) is 0 Å². The highest BCUT2D eigenvalue weighted by Gasteiger charge is 2.10. The number of halogens is 1. The van der Waals surface area contributed by atoms with Gasteiger partial charge in [0.05, 0.1) is 13.7 Å². The number of hydrogen-bond donors (Lipinski definition) is 2. The van der Waals surface area contributed by atoms with E-state index in [1.165, 1.54) is 5.56 Å². The van der Waals surface area contributed by atoms with E-state index in [2.05, 4.69) is 52.4 Å². The molecule has 5 heteroatoms. The second-order valence-corrected chi connectivity index (χ2v) is 6.12. The Labute approximate surface area is 145 Å². The lowest BCUT2D eigenvalue weighted by molar-refractivity contribution is 0.283. The van der Waals surface area contributed by atoms with Crippen LogP contribution in [0.15, 0.2) is 40.9 Å². The Kier molecular flexibility index (Phi) is 6.89. The van der Waals surface area contributed by atoms with E-state index in [0.717, 1.165) is 15.6 Å². The fraction of sp³-hybridized carbons (Fsp3) is 0.333. The Bertz CT molecular complexity index is 629. The van der Waals surface area contributed by atoms with Crippen molar-refractivity contribution in [2.24, 2.45) is 0 Å². The summed E-state index contributed by atoms with van der Waals surface area (Å²) >= 11 is 3.56. The first-order valence-electron chi connectivity index (χ1n) is 7.50. The summed E-state index contributed by atoms with van der Waals surface area (Å²) in [6.45, 7) is 3.88. The molecule has 0 aromatic heterocycles. The van der Waals surface area contributed by atoms with E-state index in [-0.39, 0.29) is 6.61 Å². The molecule has 0 aliphatic heterocycles. The van der Waals surface area contributed by atoms with Gasteiger partial charge in [0.1, 0.15) is 6.61 Å². The molecule has 0 atom stereocenters. The zero-order valence-electron chi connectivity index (χ0n) is 13.4. The van der Waals surface area contributed by atoms with Crippen LogP contribution in [-0.2, 0) is 13.2 Å². The van der Waals surface area contributed by atoms with Crippen molar-refractivity contribution in [2.45, 2.75) is 20.1 Å². The van der Waals surface area contributed by atoms with E-state index in [9.17, 15) is 0 Å². The number of methoxy groups -OCH3 is 1. The maximum absolute atomic E-state index is 8.83. The molecule has 23 heavy (non-hydrogen) atoms. The largest absolute Gasteiger partial charge is 0.493 e. The summed E-state index contributed by atoms with van der Waals surface area (Å²) < 4.78 is 12.3. The Morgan fingerprint density at radius 3 is 2.52 bits per heavy atom. The average molecular weight is 380 g/mol. The summed E-state index contributed by atoms with van der Waals surface area (Å²) in [5, 5.41) is 12.0. The lowest BCUT2D eigenvalue weighted by Crippen LogP contribution is -2.17. The Morgan fingerprint density at radius 2 is 1.87 bits per heavy atom. The van der Waals surface area contributed by atoms with Crippen LogP contribution in [0.25, 0.3) is 0 Å². The Balaban J connectivity index is 2.08. The number of ether oxygens (including phenoxy) is 2. The van der Waals surface area contributed by atoms with E-state index in [0.29, 0.717) is 31.2 Å². The second kappa shape index (κ2) is 8.91. The summed E-state index contributed by atoms with van der Waals surface area (Å²) in [7, 11) is 1.63. The quantitative estimate of drug-likeness (QED) is 0.689. The number of aliphatic hydroxyl groups excluding tert-OH is 1. The summed E-state index contributed by atoms with van der Waals surface area (Å²) in [6, 6.07) is 12.1. The molecule has 2 rings (SSSR count). The predicted molar refractivity (Wildman–Crippen MR) is 95.0 cm³/mol. The highest BCUT2D eigenvalue weighted by atomic mass is 79.9. The highest BCUT2D eigenvalue weighted by molar-refractivity contribution is 9.10. The van der Waals surface area contributed by atoms with Gasteiger partial charge in [-0.1, -0.05) is 45.8 Å². The van der Waals surface area contributed by atoms with Crippen LogP contribution < -0.4 is 14.8 Å². The predicted octanol–water partition coefficient (Wildman–Crippen LogP) is 3.43. The van der Waals surface area contributed by atoms with Crippen molar-refractivity contribution in [3.8, 4) is 11.5 Å². The van der Waals surface area contributed by atoms with Gasteiger partial charge in [0, 0.05) is 17.6 Å². The zero-order chi connectivity index (χ0) is 16.7. The van der Waals surface area contributed by atoms with Crippen LogP contribution in [0.1, 0.15) is 16.7 Å².